The lowest BCUT2D eigenvalue weighted by molar-refractivity contribution is 0.0939. The van der Waals surface area contributed by atoms with Gasteiger partial charge in [-0.15, -0.1) is 0 Å². The van der Waals surface area contributed by atoms with E-state index in [0.717, 1.165) is 13.0 Å². The van der Waals surface area contributed by atoms with Gasteiger partial charge in [0, 0.05) is 12.1 Å². The molecule has 0 saturated carbocycles. The van der Waals surface area contributed by atoms with Crippen molar-refractivity contribution in [3.63, 3.8) is 0 Å². The number of hydrogen-bond acceptors (Lipinski definition) is 3. The summed E-state index contributed by atoms with van der Waals surface area (Å²) in [5.41, 5.74) is 0.627. The Bertz CT molecular complexity index is 440. The Morgan fingerprint density at radius 3 is 2.95 bits per heavy atom. The van der Waals surface area contributed by atoms with Gasteiger partial charge in [-0.1, -0.05) is 12.1 Å². The zero-order valence-electron chi connectivity index (χ0n) is 11.7. The van der Waals surface area contributed by atoms with E-state index in [0.29, 0.717) is 24.5 Å². The summed E-state index contributed by atoms with van der Waals surface area (Å²) in [6.07, 6.45) is 2.27. The molecule has 0 bridgehead atoms. The molecule has 1 aromatic rings. The van der Waals surface area contributed by atoms with Crippen molar-refractivity contribution in [2.45, 2.75) is 32.2 Å². The van der Waals surface area contributed by atoms with Crippen LogP contribution in [-0.4, -0.2) is 31.1 Å². The summed E-state index contributed by atoms with van der Waals surface area (Å²) in [5.74, 6) is 0.575. The van der Waals surface area contributed by atoms with Crippen molar-refractivity contribution >= 4 is 5.91 Å². The molecule has 0 spiro atoms. The SMILES string of the molecule is CCOc1ccccc1C(=O)NCC1(C)CCCN1. The first kappa shape index (κ1) is 13.9. The number of ether oxygens (including phenoxy) is 1. The Hall–Kier alpha value is -1.55. The number of para-hydroxylation sites is 1. The smallest absolute Gasteiger partial charge is 0.255 e. The molecule has 1 aliphatic rings. The molecule has 0 aliphatic carbocycles. The fourth-order valence-corrected chi connectivity index (χ4v) is 2.41. The third-order valence-corrected chi connectivity index (χ3v) is 3.53. The molecule has 0 aromatic heterocycles. The lowest BCUT2D eigenvalue weighted by Crippen LogP contribution is -2.47. The fourth-order valence-electron chi connectivity index (χ4n) is 2.41. The van der Waals surface area contributed by atoms with Crippen molar-refractivity contribution < 1.29 is 9.53 Å². The van der Waals surface area contributed by atoms with Crippen molar-refractivity contribution in [2.24, 2.45) is 0 Å². The average molecular weight is 262 g/mol. The third kappa shape index (κ3) is 3.47. The molecule has 1 aromatic carbocycles. The second kappa shape index (κ2) is 6.06. The van der Waals surface area contributed by atoms with Gasteiger partial charge in [-0.2, -0.15) is 0 Å². The molecule has 1 aliphatic heterocycles. The predicted molar refractivity (Wildman–Crippen MR) is 75.6 cm³/mol. The molecule has 4 heteroatoms. The molecule has 1 heterocycles. The molecule has 2 N–H and O–H groups in total. The van der Waals surface area contributed by atoms with Crippen LogP contribution in [0.3, 0.4) is 0 Å². The first-order valence-electron chi connectivity index (χ1n) is 6.90. The van der Waals surface area contributed by atoms with Crippen LogP contribution in [0.1, 0.15) is 37.0 Å². The summed E-state index contributed by atoms with van der Waals surface area (Å²) >= 11 is 0. The molecule has 19 heavy (non-hydrogen) atoms. The second-order valence-electron chi connectivity index (χ2n) is 5.20. The van der Waals surface area contributed by atoms with E-state index in [-0.39, 0.29) is 11.4 Å². The average Bonchev–Trinajstić information content (AvgIpc) is 2.85. The molecule has 1 fully saturated rings. The van der Waals surface area contributed by atoms with Gasteiger partial charge in [-0.05, 0) is 45.4 Å². The van der Waals surface area contributed by atoms with Gasteiger partial charge in [0.25, 0.3) is 5.91 Å². The number of benzene rings is 1. The van der Waals surface area contributed by atoms with Crippen molar-refractivity contribution in [3.05, 3.63) is 29.8 Å². The zero-order chi connectivity index (χ0) is 13.7. The highest BCUT2D eigenvalue weighted by Crippen LogP contribution is 2.20. The summed E-state index contributed by atoms with van der Waals surface area (Å²) in [4.78, 5) is 12.2. The van der Waals surface area contributed by atoms with E-state index < -0.39 is 0 Å². The predicted octanol–water partition coefficient (Wildman–Crippen LogP) is 1.96. The summed E-state index contributed by atoms with van der Waals surface area (Å²) < 4.78 is 5.48. The maximum atomic E-state index is 12.2. The van der Waals surface area contributed by atoms with Crippen LogP contribution < -0.4 is 15.4 Å². The third-order valence-electron chi connectivity index (χ3n) is 3.53. The Labute approximate surface area is 114 Å². The quantitative estimate of drug-likeness (QED) is 0.853. The maximum absolute atomic E-state index is 12.2. The molecule has 1 atom stereocenters. The first-order valence-corrected chi connectivity index (χ1v) is 6.90. The number of rotatable bonds is 5. The van der Waals surface area contributed by atoms with Gasteiger partial charge in [0.05, 0.1) is 12.2 Å². The van der Waals surface area contributed by atoms with Gasteiger partial charge < -0.3 is 15.4 Å². The van der Waals surface area contributed by atoms with Crippen molar-refractivity contribution in [2.75, 3.05) is 19.7 Å². The molecule has 4 nitrogen and oxygen atoms in total. The molecule has 2 rings (SSSR count). The van der Waals surface area contributed by atoms with Crippen LogP contribution in [0.5, 0.6) is 5.75 Å². The van der Waals surface area contributed by atoms with Crippen LogP contribution in [0.4, 0.5) is 0 Å². The number of amides is 1. The van der Waals surface area contributed by atoms with E-state index in [4.69, 9.17) is 4.74 Å². The molecular formula is C15H22N2O2. The van der Waals surface area contributed by atoms with Gasteiger partial charge in [0.2, 0.25) is 0 Å². The molecular weight excluding hydrogens is 240 g/mol. The van der Waals surface area contributed by atoms with E-state index >= 15 is 0 Å². The van der Waals surface area contributed by atoms with Crippen LogP contribution in [0.15, 0.2) is 24.3 Å². The molecule has 104 valence electrons. The Kier molecular flexibility index (Phi) is 4.43. The van der Waals surface area contributed by atoms with Gasteiger partial charge in [-0.3, -0.25) is 4.79 Å². The van der Waals surface area contributed by atoms with Gasteiger partial charge in [0.1, 0.15) is 5.75 Å². The number of carbonyl (C=O) groups is 1. The van der Waals surface area contributed by atoms with Crippen LogP contribution in [-0.2, 0) is 0 Å². The summed E-state index contributed by atoms with van der Waals surface area (Å²) in [6.45, 7) is 6.30. The largest absolute Gasteiger partial charge is 0.493 e. The highest BCUT2D eigenvalue weighted by atomic mass is 16.5. The molecule has 1 unspecified atom stereocenters. The van der Waals surface area contributed by atoms with Gasteiger partial charge >= 0.3 is 0 Å². The zero-order valence-corrected chi connectivity index (χ0v) is 11.7. The Morgan fingerprint density at radius 2 is 2.26 bits per heavy atom. The normalized spacial score (nSPS) is 22.2. The maximum Gasteiger partial charge on any atom is 0.255 e. The highest BCUT2D eigenvalue weighted by molar-refractivity contribution is 5.96. The minimum absolute atomic E-state index is 0.0240. The minimum Gasteiger partial charge on any atom is -0.493 e. The van der Waals surface area contributed by atoms with Crippen LogP contribution in [0.2, 0.25) is 0 Å². The molecule has 1 amide bonds. The fraction of sp³-hybridized carbons (Fsp3) is 0.533. The summed E-state index contributed by atoms with van der Waals surface area (Å²) in [7, 11) is 0. The topological polar surface area (TPSA) is 50.4 Å². The Balaban J connectivity index is 1.99. The summed E-state index contributed by atoms with van der Waals surface area (Å²) in [5, 5.41) is 6.43. The minimum atomic E-state index is -0.0704. The first-order chi connectivity index (χ1) is 9.14. The van der Waals surface area contributed by atoms with E-state index in [9.17, 15) is 4.79 Å². The van der Waals surface area contributed by atoms with Crippen molar-refractivity contribution in [1.82, 2.24) is 10.6 Å². The number of carbonyl (C=O) groups excluding carboxylic acids is 1. The second-order valence-corrected chi connectivity index (χ2v) is 5.20. The van der Waals surface area contributed by atoms with Crippen LogP contribution in [0, 0.1) is 0 Å². The molecule has 0 radical (unpaired) electrons. The van der Waals surface area contributed by atoms with E-state index in [1.807, 2.05) is 25.1 Å². The monoisotopic (exact) mass is 262 g/mol. The van der Waals surface area contributed by atoms with Gasteiger partial charge in [-0.25, -0.2) is 0 Å². The van der Waals surface area contributed by atoms with Crippen molar-refractivity contribution in [3.8, 4) is 5.75 Å². The van der Waals surface area contributed by atoms with Crippen molar-refractivity contribution in [1.29, 1.82) is 0 Å². The van der Waals surface area contributed by atoms with E-state index in [2.05, 4.69) is 17.6 Å². The van der Waals surface area contributed by atoms with Crippen LogP contribution in [0.25, 0.3) is 0 Å². The Morgan fingerprint density at radius 1 is 1.47 bits per heavy atom. The lowest BCUT2D eigenvalue weighted by Gasteiger charge is -2.24. The van der Waals surface area contributed by atoms with Gasteiger partial charge in [0.15, 0.2) is 0 Å². The summed E-state index contributed by atoms with van der Waals surface area (Å²) in [6, 6.07) is 7.35. The number of nitrogens with one attached hydrogen (secondary N) is 2. The van der Waals surface area contributed by atoms with E-state index in [1.165, 1.54) is 6.42 Å². The van der Waals surface area contributed by atoms with E-state index in [1.54, 1.807) is 6.07 Å². The lowest BCUT2D eigenvalue weighted by atomic mass is 10.0. The van der Waals surface area contributed by atoms with Crippen LogP contribution >= 0.6 is 0 Å². The number of hydrogen-bond donors (Lipinski definition) is 2. The molecule has 1 saturated heterocycles. The highest BCUT2D eigenvalue weighted by Gasteiger charge is 2.28. The standard InChI is InChI=1S/C15H22N2O2/c1-3-19-13-8-5-4-7-12(13)14(18)16-11-15(2)9-6-10-17-15/h4-5,7-8,17H,3,6,9-11H2,1-2H3,(H,16,18).